The number of rotatable bonds is 0. The van der Waals surface area contributed by atoms with Gasteiger partial charge < -0.3 is 4.74 Å². The first-order valence-corrected chi connectivity index (χ1v) is 4.03. The van der Waals surface area contributed by atoms with Crippen molar-refractivity contribution in [1.29, 1.82) is 0 Å². The summed E-state index contributed by atoms with van der Waals surface area (Å²) in [4.78, 5) is 11.0. The number of fused-ring (bicyclic) bond motifs is 1. The van der Waals surface area contributed by atoms with Gasteiger partial charge in [-0.25, -0.2) is 0 Å². The summed E-state index contributed by atoms with van der Waals surface area (Å²) in [5.74, 6) is 0.396. The highest BCUT2D eigenvalue weighted by molar-refractivity contribution is 5.79. The fourth-order valence-corrected chi connectivity index (χ4v) is 1.61. The van der Waals surface area contributed by atoms with E-state index in [9.17, 15) is 4.79 Å². The van der Waals surface area contributed by atoms with Crippen molar-refractivity contribution in [3.63, 3.8) is 0 Å². The van der Waals surface area contributed by atoms with Gasteiger partial charge in [-0.3, -0.25) is 4.79 Å². The molecule has 1 saturated heterocycles. The average Bonchev–Trinajstić information content (AvgIpc) is 2.54. The van der Waals surface area contributed by atoms with Gasteiger partial charge >= 0.3 is 0 Å². The fraction of sp³-hybridized carbons (Fsp3) is 0.875. The Hall–Kier alpha value is -0.370. The standard InChI is InChI=1S/C8H12O2/c9-6-3-1-2-4-7-8(5-6)10-7/h7-8H,1-5H2. The van der Waals surface area contributed by atoms with Gasteiger partial charge in [-0.2, -0.15) is 0 Å². The highest BCUT2D eigenvalue weighted by atomic mass is 16.6. The summed E-state index contributed by atoms with van der Waals surface area (Å²) in [7, 11) is 0. The predicted octanol–water partition coefficient (Wildman–Crippen LogP) is 1.29. The van der Waals surface area contributed by atoms with E-state index in [0.29, 0.717) is 24.4 Å². The Morgan fingerprint density at radius 3 is 3.10 bits per heavy atom. The van der Waals surface area contributed by atoms with Crippen molar-refractivity contribution >= 4 is 5.78 Å². The van der Waals surface area contributed by atoms with Crippen LogP contribution in [0.5, 0.6) is 0 Å². The molecule has 0 N–H and O–H groups in total. The van der Waals surface area contributed by atoms with Crippen molar-refractivity contribution in [3.05, 3.63) is 0 Å². The van der Waals surface area contributed by atoms with Crippen LogP contribution in [-0.4, -0.2) is 18.0 Å². The maximum Gasteiger partial charge on any atom is 0.135 e. The van der Waals surface area contributed by atoms with E-state index in [1.807, 2.05) is 0 Å². The van der Waals surface area contributed by atoms with Crippen molar-refractivity contribution in [1.82, 2.24) is 0 Å². The Kier molecular flexibility index (Phi) is 1.49. The van der Waals surface area contributed by atoms with E-state index in [0.717, 1.165) is 12.8 Å². The van der Waals surface area contributed by atoms with Gasteiger partial charge in [-0.05, 0) is 12.8 Å². The number of ether oxygens (including phenoxy) is 1. The van der Waals surface area contributed by atoms with Gasteiger partial charge in [0.1, 0.15) is 5.78 Å². The second-order valence-electron chi connectivity index (χ2n) is 3.20. The lowest BCUT2D eigenvalue weighted by atomic mass is 10.0. The highest BCUT2D eigenvalue weighted by Gasteiger charge is 2.40. The molecule has 0 aromatic heterocycles. The van der Waals surface area contributed by atoms with Gasteiger partial charge in [0.15, 0.2) is 0 Å². The lowest BCUT2D eigenvalue weighted by Gasteiger charge is -2.01. The third kappa shape index (κ3) is 1.21. The first-order chi connectivity index (χ1) is 4.86. The minimum absolute atomic E-state index is 0.313. The Morgan fingerprint density at radius 1 is 1.30 bits per heavy atom. The molecule has 0 bridgehead atoms. The van der Waals surface area contributed by atoms with Crippen LogP contribution < -0.4 is 0 Å². The van der Waals surface area contributed by atoms with Crippen LogP contribution in [0.4, 0.5) is 0 Å². The SMILES string of the molecule is O=C1CCCCC2OC2C1. The number of carbonyl (C=O) groups excluding carboxylic acids is 1. The van der Waals surface area contributed by atoms with Crippen molar-refractivity contribution in [2.24, 2.45) is 0 Å². The molecule has 2 fully saturated rings. The van der Waals surface area contributed by atoms with Gasteiger partial charge in [-0.1, -0.05) is 6.42 Å². The maximum absolute atomic E-state index is 11.0. The fourth-order valence-electron chi connectivity index (χ4n) is 1.61. The largest absolute Gasteiger partial charge is 0.369 e. The molecule has 56 valence electrons. The van der Waals surface area contributed by atoms with E-state index >= 15 is 0 Å². The molecule has 1 heterocycles. The molecule has 0 radical (unpaired) electrons. The molecule has 2 rings (SSSR count). The minimum atomic E-state index is 0.313. The van der Waals surface area contributed by atoms with Gasteiger partial charge in [0.25, 0.3) is 0 Å². The number of epoxide rings is 1. The molecular formula is C8H12O2. The summed E-state index contributed by atoms with van der Waals surface area (Å²) in [5.41, 5.74) is 0. The third-order valence-corrected chi connectivity index (χ3v) is 2.31. The average molecular weight is 140 g/mol. The van der Waals surface area contributed by atoms with Crippen LogP contribution in [0.25, 0.3) is 0 Å². The Labute approximate surface area is 60.6 Å². The van der Waals surface area contributed by atoms with Gasteiger partial charge in [0.2, 0.25) is 0 Å². The molecule has 1 aliphatic carbocycles. The Morgan fingerprint density at radius 2 is 2.20 bits per heavy atom. The maximum atomic E-state index is 11.0. The molecular weight excluding hydrogens is 128 g/mol. The molecule has 1 saturated carbocycles. The zero-order chi connectivity index (χ0) is 6.97. The lowest BCUT2D eigenvalue weighted by Crippen LogP contribution is -2.07. The van der Waals surface area contributed by atoms with Gasteiger partial charge in [0.05, 0.1) is 12.2 Å². The number of ketones is 1. The monoisotopic (exact) mass is 140 g/mol. The molecule has 2 aliphatic rings. The number of Topliss-reactive ketones (excluding diaryl/α,β-unsaturated/α-hetero) is 1. The zero-order valence-corrected chi connectivity index (χ0v) is 6.01. The molecule has 0 spiro atoms. The van der Waals surface area contributed by atoms with E-state index in [1.165, 1.54) is 12.8 Å². The Bertz CT molecular complexity index is 153. The summed E-state index contributed by atoms with van der Waals surface area (Å²) >= 11 is 0. The van der Waals surface area contributed by atoms with Crippen LogP contribution in [0.1, 0.15) is 32.1 Å². The van der Waals surface area contributed by atoms with Crippen LogP contribution in [0.15, 0.2) is 0 Å². The summed E-state index contributed by atoms with van der Waals surface area (Å²) in [5, 5.41) is 0. The molecule has 2 nitrogen and oxygen atoms in total. The Balaban J connectivity index is 1.91. The molecule has 0 aromatic rings. The van der Waals surface area contributed by atoms with Crippen molar-refractivity contribution in [3.8, 4) is 0 Å². The van der Waals surface area contributed by atoms with E-state index in [2.05, 4.69) is 0 Å². The second-order valence-corrected chi connectivity index (χ2v) is 3.20. The van der Waals surface area contributed by atoms with Crippen LogP contribution in [0, 0.1) is 0 Å². The first kappa shape index (κ1) is 6.35. The van der Waals surface area contributed by atoms with Crippen LogP contribution >= 0.6 is 0 Å². The molecule has 2 heteroatoms. The van der Waals surface area contributed by atoms with Crippen LogP contribution in [0.2, 0.25) is 0 Å². The van der Waals surface area contributed by atoms with E-state index in [1.54, 1.807) is 0 Å². The second kappa shape index (κ2) is 2.35. The van der Waals surface area contributed by atoms with E-state index < -0.39 is 0 Å². The minimum Gasteiger partial charge on any atom is -0.369 e. The third-order valence-electron chi connectivity index (χ3n) is 2.31. The molecule has 2 atom stereocenters. The predicted molar refractivity (Wildman–Crippen MR) is 36.8 cm³/mol. The summed E-state index contributed by atoms with van der Waals surface area (Å²) < 4.78 is 5.29. The van der Waals surface area contributed by atoms with Gasteiger partial charge in [0, 0.05) is 12.8 Å². The van der Waals surface area contributed by atoms with Crippen LogP contribution in [-0.2, 0) is 9.53 Å². The summed E-state index contributed by atoms with van der Waals surface area (Å²) in [6.07, 6.45) is 5.66. The first-order valence-electron chi connectivity index (χ1n) is 4.03. The van der Waals surface area contributed by atoms with Crippen molar-refractivity contribution < 1.29 is 9.53 Å². The number of carbonyl (C=O) groups is 1. The molecule has 0 amide bonds. The number of hydrogen-bond acceptors (Lipinski definition) is 2. The number of hydrogen-bond donors (Lipinski definition) is 0. The quantitative estimate of drug-likeness (QED) is 0.474. The van der Waals surface area contributed by atoms with Crippen molar-refractivity contribution in [2.75, 3.05) is 0 Å². The van der Waals surface area contributed by atoms with E-state index in [4.69, 9.17) is 4.74 Å². The smallest absolute Gasteiger partial charge is 0.135 e. The summed E-state index contributed by atoms with van der Waals surface area (Å²) in [6, 6.07) is 0. The highest BCUT2D eigenvalue weighted by Crippen LogP contribution is 2.32. The molecule has 2 unspecified atom stereocenters. The van der Waals surface area contributed by atoms with Gasteiger partial charge in [-0.15, -0.1) is 0 Å². The van der Waals surface area contributed by atoms with Crippen LogP contribution in [0.3, 0.4) is 0 Å². The van der Waals surface area contributed by atoms with E-state index in [-0.39, 0.29) is 0 Å². The molecule has 0 aromatic carbocycles. The lowest BCUT2D eigenvalue weighted by molar-refractivity contribution is -0.119. The van der Waals surface area contributed by atoms with Crippen molar-refractivity contribution in [2.45, 2.75) is 44.3 Å². The normalized spacial score (nSPS) is 39.8. The zero-order valence-electron chi connectivity index (χ0n) is 6.01. The topological polar surface area (TPSA) is 29.6 Å². The molecule has 10 heavy (non-hydrogen) atoms. The molecule has 1 aliphatic heterocycles. The summed E-state index contributed by atoms with van der Waals surface area (Å²) in [6.45, 7) is 0.